The number of fused-ring (bicyclic) bond motifs is 1. The molecule has 3 heterocycles. The highest BCUT2D eigenvalue weighted by atomic mass is 16.5. The number of anilines is 1. The minimum Gasteiger partial charge on any atom is -0.497 e. The number of hydrogen-bond acceptors (Lipinski definition) is 6. The van der Waals surface area contributed by atoms with Gasteiger partial charge in [0, 0.05) is 12.2 Å². The van der Waals surface area contributed by atoms with Crippen LogP contribution in [-0.2, 0) is 16.0 Å². The second-order valence-corrected chi connectivity index (χ2v) is 7.18. The Balaban J connectivity index is 1.72. The number of urea groups is 1. The van der Waals surface area contributed by atoms with Crippen molar-refractivity contribution in [2.75, 3.05) is 31.7 Å². The van der Waals surface area contributed by atoms with E-state index in [0.29, 0.717) is 23.6 Å². The highest BCUT2D eigenvalue weighted by molar-refractivity contribution is 5.95. The fourth-order valence-corrected chi connectivity index (χ4v) is 3.99. The van der Waals surface area contributed by atoms with E-state index in [1.54, 1.807) is 26.2 Å². The van der Waals surface area contributed by atoms with Gasteiger partial charge < -0.3 is 29.4 Å². The van der Waals surface area contributed by atoms with Gasteiger partial charge in [-0.2, -0.15) is 0 Å². The fourth-order valence-electron chi connectivity index (χ4n) is 3.99. The maximum absolute atomic E-state index is 12.8. The Bertz CT molecular complexity index is 967. The first-order chi connectivity index (χ1) is 14.6. The fraction of sp³-hybridized carbons (Fsp3) is 0.364. The average molecular weight is 411 g/mol. The molecule has 0 saturated heterocycles. The van der Waals surface area contributed by atoms with Gasteiger partial charge in [0.15, 0.2) is 0 Å². The number of carbonyl (C=O) groups excluding carboxylic acids is 2. The summed E-state index contributed by atoms with van der Waals surface area (Å²) in [4.78, 5) is 27.4. The molecule has 0 bridgehead atoms. The molecule has 0 unspecified atom stereocenters. The number of nitrogens with one attached hydrogen (secondary N) is 2. The number of rotatable bonds is 6. The molecule has 0 radical (unpaired) electrons. The molecular weight excluding hydrogens is 386 g/mol. The summed E-state index contributed by atoms with van der Waals surface area (Å²) < 4.78 is 16.1. The van der Waals surface area contributed by atoms with Crippen LogP contribution in [0, 0.1) is 0 Å². The number of nitrogens with zero attached hydrogens (tertiary/aromatic N) is 1. The number of furan rings is 1. The van der Waals surface area contributed by atoms with Crippen molar-refractivity contribution in [2.24, 2.45) is 0 Å². The number of hydrogen-bond donors (Lipinski definition) is 2. The largest absolute Gasteiger partial charge is 0.497 e. The van der Waals surface area contributed by atoms with Crippen molar-refractivity contribution in [3.8, 4) is 5.75 Å². The molecule has 4 rings (SSSR count). The van der Waals surface area contributed by atoms with Crippen LogP contribution in [0.4, 0.5) is 10.5 Å². The number of carbonyl (C=O) groups is 2. The standard InChI is InChI=1S/C22H25N3O5/c1-3-29-21(26)19-16(23-22(27)24-20(19)18-7-5-11-30-18)13-25-10-4-6-14-12-15(28-2)8-9-17(14)25/h5,7-9,11-12,20H,3-4,6,10,13H2,1-2H3,(H2,23,24,27)/t20-/m1/s1. The van der Waals surface area contributed by atoms with E-state index in [4.69, 9.17) is 13.9 Å². The van der Waals surface area contributed by atoms with Crippen LogP contribution in [-0.4, -0.2) is 38.8 Å². The monoisotopic (exact) mass is 411 g/mol. The topological polar surface area (TPSA) is 93.0 Å². The Labute approximate surface area is 174 Å². The van der Waals surface area contributed by atoms with Gasteiger partial charge >= 0.3 is 12.0 Å². The normalized spacial score (nSPS) is 18.4. The molecule has 0 aliphatic carbocycles. The van der Waals surface area contributed by atoms with E-state index in [0.717, 1.165) is 30.8 Å². The Morgan fingerprint density at radius 2 is 2.20 bits per heavy atom. The highest BCUT2D eigenvalue weighted by Gasteiger charge is 2.36. The van der Waals surface area contributed by atoms with E-state index in [2.05, 4.69) is 15.5 Å². The van der Waals surface area contributed by atoms with E-state index in [-0.39, 0.29) is 12.6 Å². The maximum Gasteiger partial charge on any atom is 0.338 e. The van der Waals surface area contributed by atoms with Gasteiger partial charge in [-0.3, -0.25) is 0 Å². The van der Waals surface area contributed by atoms with Gasteiger partial charge in [-0.1, -0.05) is 0 Å². The minimum absolute atomic E-state index is 0.237. The van der Waals surface area contributed by atoms with Crippen LogP contribution in [0.1, 0.15) is 30.7 Å². The van der Waals surface area contributed by atoms with E-state index in [1.807, 2.05) is 18.2 Å². The third-order valence-electron chi connectivity index (χ3n) is 5.33. The summed E-state index contributed by atoms with van der Waals surface area (Å²) in [6, 6.07) is 8.34. The van der Waals surface area contributed by atoms with Crippen molar-refractivity contribution in [1.82, 2.24) is 10.6 Å². The first kappa shape index (κ1) is 19.9. The van der Waals surface area contributed by atoms with Crippen LogP contribution in [0.3, 0.4) is 0 Å². The van der Waals surface area contributed by atoms with Crippen molar-refractivity contribution in [3.05, 3.63) is 59.2 Å². The van der Waals surface area contributed by atoms with Crippen LogP contribution >= 0.6 is 0 Å². The molecule has 2 aliphatic rings. The van der Waals surface area contributed by atoms with Gasteiger partial charge in [0.2, 0.25) is 0 Å². The number of amides is 2. The number of esters is 1. The lowest BCUT2D eigenvalue weighted by Gasteiger charge is -2.35. The third kappa shape index (κ3) is 3.85. The molecule has 30 heavy (non-hydrogen) atoms. The molecule has 0 saturated carbocycles. The average Bonchev–Trinajstić information content (AvgIpc) is 3.28. The summed E-state index contributed by atoms with van der Waals surface area (Å²) in [5.41, 5.74) is 3.12. The predicted molar refractivity (Wildman–Crippen MR) is 110 cm³/mol. The zero-order valence-corrected chi connectivity index (χ0v) is 17.1. The Morgan fingerprint density at radius 3 is 2.93 bits per heavy atom. The Kier molecular flexibility index (Phi) is 5.65. The molecule has 8 heteroatoms. The van der Waals surface area contributed by atoms with Crippen LogP contribution in [0.25, 0.3) is 0 Å². The van der Waals surface area contributed by atoms with Crippen LogP contribution in [0.15, 0.2) is 52.3 Å². The van der Waals surface area contributed by atoms with Crippen LogP contribution in [0.5, 0.6) is 5.75 Å². The van der Waals surface area contributed by atoms with Crippen LogP contribution < -0.4 is 20.3 Å². The molecular formula is C22H25N3O5. The lowest BCUT2D eigenvalue weighted by atomic mass is 9.97. The SMILES string of the molecule is CCOC(=O)C1=C(CN2CCCc3cc(OC)ccc32)NC(=O)N[C@@H]1c1ccco1. The number of benzene rings is 1. The maximum atomic E-state index is 12.8. The third-order valence-corrected chi connectivity index (χ3v) is 5.33. The van der Waals surface area contributed by atoms with Gasteiger partial charge in [-0.15, -0.1) is 0 Å². The molecule has 158 valence electrons. The highest BCUT2D eigenvalue weighted by Crippen LogP contribution is 2.33. The van der Waals surface area contributed by atoms with Gasteiger partial charge in [-0.05, 0) is 55.7 Å². The van der Waals surface area contributed by atoms with Crippen molar-refractivity contribution in [2.45, 2.75) is 25.8 Å². The van der Waals surface area contributed by atoms with Gasteiger partial charge in [0.25, 0.3) is 0 Å². The molecule has 0 fully saturated rings. The lowest BCUT2D eigenvalue weighted by molar-refractivity contribution is -0.139. The summed E-state index contributed by atoms with van der Waals surface area (Å²) >= 11 is 0. The number of aryl methyl sites for hydroxylation is 1. The Morgan fingerprint density at radius 1 is 1.33 bits per heavy atom. The van der Waals surface area contributed by atoms with Crippen molar-refractivity contribution >= 4 is 17.7 Å². The van der Waals surface area contributed by atoms with Gasteiger partial charge in [-0.25, -0.2) is 9.59 Å². The quantitative estimate of drug-likeness (QED) is 0.710. The van der Waals surface area contributed by atoms with E-state index < -0.39 is 12.0 Å². The minimum atomic E-state index is -0.706. The van der Waals surface area contributed by atoms with Crippen LogP contribution in [0.2, 0.25) is 0 Å². The summed E-state index contributed by atoms with van der Waals surface area (Å²) in [5, 5.41) is 5.59. The molecule has 8 nitrogen and oxygen atoms in total. The summed E-state index contributed by atoms with van der Waals surface area (Å²) in [6.07, 6.45) is 3.44. The summed E-state index contributed by atoms with van der Waals surface area (Å²) in [6.45, 7) is 3.18. The first-order valence-electron chi connectivity index (χ1n) is 10.0. The smallest absolute Gasteiger partial charge is 0.338 e. The molecule has 1 aromatic carbocycles. The van der Waals surface area contributed by atoms with E-state index in [9.17, 15) is 9.59 Å². The predicted octanol–water partition coefficient (Wildman–Crippen LogP) is 2.91. The Hall–Kier alpha value is -3.42. The lowest BCUT2D eigenvalue weighted by Crippen LogP contribution is -2.49. The molecule has 2 aliphatic heterocycles. The second-order valence-electron chi connectivity index (χ2n) is 7.18. The molecule has 0 spiro atoms. The number of methoxy groups -OCH3 is 1. The first-order valence-corrected chi connectivity index (χ1v) is 10.0. The second kappa shape index (κ2) is 8.52. The van der Waals surface area contributed by atoms with Gasteiger partial charge in [0.1, 0.15) is 17.6 Å². The van der Waals surface area contributed by atoms with Crippen molar-refractivity contribution in [3.63, 3.8) is 0 Å². The molecule has 1 aromatic heterocycles. The molecule has 2 amide bonds. The number of ether oxygens (including phenoxy) is 2. The molecule has 2 N–H and O–H groups in total. The van der Waals surface area contributed by atoms with Crippen molar-refractivity contribution < 1.29 is 23.5 Å². The van der Waals surface area contributed by atoms with Crippen molar-refractivity contribution in [1.29, 1.82) is 0 Å². The zero-order chi connectivity index (χ0) is 21.1. The van der Waals surface area contributed by atoms with E-state index >= 15 is 0 Å². The zero-order valence-electron chi connectivity index (χ0n) is 17.1. The van der Waals surface area contributed by atoms with E-state index in [1.165, 1.54) is 11.8 Å². The molecule has 2 aromatic rings. The molecule has 1 atom stereocenters. The van der Waals surface area contributed by atoms with Gasteiger partial charge in [0.05, 0.1) is 37.8 Å². The summed E-state index contributed by atoms with van der Waals surface area (Å²) in [5.74, 6) is 0.817. The summed E-state index contributed by atoms with van der Waals surface area (Å²) in [7, 11) is 1.65.